The summed E-state index contributed by atoms with van der Waals surface area (Å²) in [5, 5.41) is 6.53. The van der Waals surface area contributed by atoms with Crippen molar-refractivity contribution in [3.63, 3.8) is 0 Å². The van der Waals surface area contributed by atoms with Crippen LogP contribution in [0.15, 0.2) is 71.9 Å². The molecule has 9 heteroatoms. The molecule has 0 atom stereocenters. The summed E-state index contributed by atoms with van der Waals surface area (Å²) in [5.41, 5.74) is -0.584. The lowest BCUT2D eigenvalue weighted by atomic mass is 10.1. The van der Waals surface area contributed by atoms with E-state index < -0.39 is 17.8 Å². The Bertz CT molecular complexity index is 1060. The van der Waals surface area contributed by atoms with Crippen LogP contribution in [0.5, 0.6) is 5.88 Å². The highest BCUT2D eigenvalue weighted by molar-refractivity contribution is 5.90. The lowest BCUT2D eigenvalue weighted by Crippen LogP contribution is -2.18. The Hall–Kier alpha value is -3.62. The average molecular weight is 402 g/mol. The van der Waals surface area contributed by atoms with Crippen LogP contribution in [0.4, 0.5) is 23.7 Å². The van der Waals surface area contributed by atoms with Crippen LogP contribution in [0.2, 0.25) is 0 Å². The first-order valence-electron chi connectivity index (χ1n) is 8.68. The number of anilines is 1. The van der Waals surface area contributed by atoms with Gasteiger partial charge in [0, 0.05) is 6.07 Å². The predicted octanol–water partition coefficient (Wildman–Crippen LogP) is 4.42. The highest BCUT2D eigenvalue weighted by Gasteiger charge is 2.33. The van der Waals surface area contributed by atoms with E-state index in [9.17, 15) is 18.0 Å². The molecule has 0 spiro atoms. The molecule has 2 aromatic carbocycles. The number of hydrogen-bond donors (Lipinski definition) is 1. The number of urea groups is 1. The maximum Gasteiger partial charge on any atom is 0.418 e. The Kier molecular flexibility index (Phi) is 5.96. The second-order valence-electron chi connectivity index (χ2n) is 5.82. The Morgan fingerprint density at radius 1 is 1.14 bits per heavy atom. The molecule has 0 saturated heterocycles. The largest absolute Gasteiger partial charge is 0.478 e. The zero-order valence-corrected chi connectivity index (χ0v) is 15.3. The normalized spacial score (nSPS) is 11.9. The van der Waals surface area contributed by atoms with E-state index in [2.05, 4.69) is 15.4 Å². The standard InChI is InChI=1S/C20H17F3N4O2/c1-2-29-18-12-14(13-24-27(18)15-8-4-3-5-9-15)25-19(28)26-17-11-7-6-10-16(17)20(21,22)23/h3-13H,2H2,1H3,(H,26,28)/b25-14-. The monoisotopic (exact) mass is 402 g/mol. The van der Waals surface area contributed by atoms with Crippen LogP contribution >= 0.6 is 0 Å². The minimum Gasteiger partial charge on any atom is -0.478 e. The van der Waals surface area contributed by atoms with Gasteiger partial charge in [-0.05, 0) is 31.2 Å². The predicted molar refractivity (Wildman–Crippen MR) is 101 cm³/mol. The number of ether oxygens (including phenoxy) is 1. The number of rotatable bonds is 4. The van der Waals surface area contributed by atoms with Crippen LogP contribution in [-0.2, 0) is 6.18 Å². The van der Waals surface area contributed by atoms with Crippen LogP contribution in [0, 0.1) is 0 Å². The van der Waals surface area contributed by atoms with Crippen molar-refractivity contribution >= 4 is 11.7 Å². The van der Waals surface area contributed by atoms with Crippen LogP contribution in [0.3, 0.4) is 0 Å². The molecule has 0 fully saturated rings. The first kappa shape index (κ1) is 20.1. The van der Waals surface area contributed by atoms with Crippen molar-refractivity contribution < 1.29 is 22.7 Å². The SMILES string of the molecule is CCOc1c/c(=N/C(=O)Nc2ccccc2C(F)(F)F)cnn1-c1ccccc1. The Morgan fingerprint density at radius 2 is 1.83 bits per heavy atom. The minimum absolute atomic E-state index is 0.141. The molecule has 0 unspecified atom stereocenters. The van der Waals surface area contributed by atoms with E-state index in [4.69, 9.17) is 4.74 Å². The molecule has 3 aromatic rings. The number of para-hydroxylation sites is 2. The molecule has 0 radical (unpaired) electrons. The number of hydrogen-bond acceptors (Lipinski definition) is 3. The van der Waals surface area contributed by atoms with Gasteiger partial charge in [-0.15, -0.1) is 0 Å². The van der Waals surface area contributed by atoms with Gasteiger partial charge in [0.05, 0.1) is 35.1 Å². The molecule has 0 aliphatic heterocycles. The Balaban J connectivity index is 1.91. The fraction of sp³-hybridized carbons (Fsp3) is 0.150. The molecule has 0 bridgehead atoms. The first-order chi connectivity index (χ1) is 13.9. The van der Waals surface area contributed by atoms with E-state index in [1.807, 2.05) is 30.3 Å². The number of halogens is 3. The van der Waals surface area contributed by atoms with E-state index in [0.717, 1.165) is 17.8 Å². The fourth-order valence-corrected chi connectivity index (χ4v) is 2.57. The number of amides is 2. The minimum atomic E-state index is -4.60. The molecule has 0 saturated carbocycles. The van der Waals surface area contributed by atoms with Crippen molar-refractivity contribution in [2.24, 2.45) is 4.99 Å². The molecular weight excluding hydrogens is 385 g/mol. The third-order valence-corrected chi connectivity index (χ3v) is 3.78. The van der Waals surface area contributed by atoms with Crippen molar-refractivity contribution in [3.8, 4) is 11.6 Å². The number of nitrogens with one attached hydrogen (secondary N) is 1. The summed E-state index contributed by atoms with van der Waals surface area (Å²) in [6.07, 6.45) is -3.27. The molecule has 29 heavy (non-hydrogen) atoms. The topological polar surface area (TPSA) is 68.5 Å². The summed E-state index contributed by atoms with van der Waals surface area (Å²) in [7, 11) is 0. The number of aromatic nitrogens is 2. The summed E-state index contributed by atoms with van der Waals surface area (Å²) < 4.78 is 46.3. The van der Waals surface area contributed by atoms with Gasteiger partial charge in [0.2, 0.25) is 5.88 Å². The maximum atomic E-state index is 13.1. The molecule has 2 amide bonds. The van der Waals surface area contributed by atoms with Gasteiger partial charge in [-0.1, -0.05) is 30.3 Å². The molecule has 150 valence electrons. The smallest absolute Gasteiger partial charge is 0.418 e. The maximum absolute atomic E-state index is 13.1. The molecule has 1 N–H and O–H groups in total. The molecule has 0 aliphatic rings. The number of nitrogens with zero attached hydrogens (tertiary/aromatic N) is 3. The Morgan fingerprint density at radius 3 is 2.52 bits per heavy atom. The zero-order valence-electron chi connectivity index (χ0n) is 15.3. The van der Waals surface area contributed by atoms with Crippen molar-refractivity contribution in [1.29, 1.82) is 0 Å². The van der Waals surface area contributed by atoms with E-state index in [1.54, 1.807) is 6.92 Å². The van der Waals surface area contributed by atoms with Crippen LogP contribution in [0.25, 0.3) is 5.69 Å². The zero-order chi connectivity index (χ0) is 20.9. The van der Waals surface area contributed by atoms with Crippen LogP contribution in [0.1, 0.15) is 12.5 Å². The number of benzene rings is 2. The lowest BCUT2D eigenvalue weighted by Gasteiger charge is -2.13. The summed E-state index contributed by atoms with van der Waals surface area (Å²) in [6.45, 7) is 2.14. The van der Waals surface area contributed by atoms with Gasteiger partial charge >= 0.3 is 12.2 Å². The first-order valence-corrected chi connectivity index (χ1v) is 8.68. The van der Waals surface area contributed by atoms with E-state index in [0.29, 0.717) is 12.5 Å². The second kappa shape index (κ2) is 8.59. The lowest BCUT2D eigenvalue weighted by molar-refractivity contribution is -0.136. The summed E-state index contributed by atoms with van der Waals surface area (Å²) >= 11 is 0. The number of carbonyl (C=O) groups excluding carboxylic acids is 1. The molecule has 3 rings (SSSR count). The van der Waals surface area contributed by atoms with Crippen molar-refractivity contribution in [3.05, 3.63) is 77.8 Å². The third kappa shape index (κ3) is 5.01. The average Bonchev–Trinajstić information content (AvgIpc) is 2.69. The van der Waals surface area contributed by atoms with Crippen molar-refractivity contribution in [2.45, 2.75) is 13.1 Å². The van der Waals surface area contributed by atoms with E-state index >= 15 is 0 Å². The van der Waals surface area contributed by atoms with E-state index in [1.165, 1.54) is 29.1 Å². The third-order valence-electron chi connectivity index (χ3n) is 3.78. The van der Waals surface area contributed by atoms with Crippen molar-refractivity contribution in [1.82, 2.24) is 9.78 Å². The van der Waals surface area contributed by atoms with Crippen LogP contribution in [-0.4, -0.2) is 22.4 Å². The molecule has 0 aliphatic carbocycles. The van der Waals surface area contributed by atoms with Gasteiger partial charge in [-0.3, -0.25) is 0 Å². The molecule has 6 nitrogen and oxygen atoms in total. The molecular formula is C20H17F3N4O2. The number of carbonyl (C=O) groups is 1. The van der Waals surface area contributed by atoms with Gasteiger partial charge in [0.15, 0.2) is 0 Å². The van der Waals surface area contributed by atoms with Gasteiger partial charge < -0.3 is 10.1 Å². The quantitative estimate of drug-likeness (QED) is 0.702. The second-order valence-corrected chi connectivity index (χ2v) is 5.82. The highest BCUT2D eigenvalue weighted by atomic mass is 19.4. The van der Waals surface area contributed by atoms with Crippen molar-refractivity contribution in [2.75, 3.05) is 11.9 Å². The fourth-order valence-electron chi connectivity index (χ4n) is 2.57. The van der Waals surface area contributed by atoms with Gasteiger partial charge in [-0.25, -0.2) is 9.48 Å². The Labute approximate surface area is 164 Å². The molecule has 1 heterocycles. The van der Waals surface area contributed by atoms with Gasteiger partial charge in [-0.2, -0.15) is 23.3 Å². The van der Waals surface area contributed by atoms with Crippen LogP contribution < -0.4 is 15.4 Å². The summed E-state index contributed by atoms with van der Waals surface area (Å²) in [6, 6.07) is 14.4. The summed E-state index contributed by atoms with van der Waals surface area (Å²) in [5.74, 6) is 0.337. The number of alkyl halides is 3. The summed E-state index contributed by atoms with van der Waals surface area (Å²) in [4.78, 5) is 15.9. The highest BCUT2D eigenvalue weighted by Crippen LogP contribution is 2.34. The molecule has 1 aromatic heterocycles. The van der Waals surface area contributed by atoms with Gasteiger partial charge in [0.1, 0.15) is 0 Å². The van der Waals surface area contributed by atoms with E-state index in [-0.39, 0.29) is 11.0 Å². The van der Waals surface area contributed by atoms with Gasteiger partial charge in [0.25, 0.3) is 0 Å².